The standard InChI is InChI=1S/C17H19N7O4/c18-14-11-15(20-8-19-14)24(16-13(27)12(26)10(7-25)28-16)17(22-11)23-21-6-9-4-2-1-3-5-9/h1-6,8,10,12-13,16,25-27H,7H2,(H,22,23)(H2,18,19,20)/b21-6+/t10-,12-,13+,16-/m1/s1. The number of benzene rings is 1. The first-order valence-corrected chi connectivity index (χ1v) is 8.55. The van der Waals surface area contributed by atoms with Crippen LogP contribution in [-0.2, 0) is 4.74 Å². The number of imidazole rings is 1. The zero-order chi connectivity index (χ0) is 19.7. The number of rotatable bonds is 5. The van der Waals surface area contributed by atoms with Crippen LogP contribution in [0.2, 0.25) is 0 Å². The lowest BCUT2D eigenvalue weighted by Gasteiger charge is -2.18. The molecule has 0 amide bonds. The maximum atomic E-state index is 10.4. The molecule has 4 rings (SSSR count). The molecule has 6 N–H and O–H groups in total. The van der Waals surface area contributed by atoms with Gasteiger partial charge in [-0.3, -0.25) is 4.57 Å². The highest BCUT2D eigenvalue weighted by molar-refractivity contribution is 5.84. The summed E-state index contributed by atoms with van der Waals surface area (Å²) >= 11 is 0. The molecule has 146 valence electrons. The van der Waals surface area contributed by atoms with Crippen molar-refractivity contribution in [3.63, 3.8) is 0 Å². The summed E-state index contributed by atoms with van der Waals surface area (Å²) in [6.07, 6.45) is -1.74. The van der Waals surface area contributed by atoms with Crippen LogP contribution >= 0.6 is 0 Å². The predicted molar refractivity (Wildman–Crippen MR) is 100 cm³/mol. The number of nitrogens with two attached hydrogens (primary N) is 1. The van der Waals surface area contributed by atoms with Gasteiger partial charge in [-0.1, -0.05) is 30.3 Å². The molecule has 1 saturated heterocycles. The van der Waals surface area contributed by atoms with Crippen molar-refractivity contribution in [3.8, 4) is 0 Å². The number of aliphatic hydroxyl groups excluding tert-OH is 3. The first kappa shape index (κ1) is 18.3. The molecule has 0 unspecified atom stereocenters. The van der Waals surface area contributed by atoms with Crippen LogP contribution in [0.4, 0.5) is 11.8 Å². The van der Waals surface area contributed by atoms with Crippen molar-refractivity contribution in [1.82, 2.24) is 19.5 Å². The van der Waals surface area contributed by atoms with E-state index in [1.165, 1.54) is 10.9 Å². The molecule has 2 aromatic heterocycles. The molecule has 1 aromatic carbocycles. The van der Waals surface area contributed by atoms with Crippen molar-refractivity contribution < 1.29 is 20.1 Å². The molecule has 1 aliphatic rings. The molecule has 3 heterocycles. The molecule has 1 fully saturated rings. The number of aliphatic hydroxyl groups is 3. The normalized spacial score (nSPS) is 25.0. The zero-order valence-corrected chi connectivity index (χ0v) is 14.6. The molecule has 0 spiro atoms. The summed E-state index contributed by atoms with van der Waals surface area (Å²) in [7, 11) is 0. The van der Waals surface area contributed by atoms with Crippen LogP contribution in [0.15, 0.2) is 41.8 Å². The second kappa shape index (κ2) is 7.48. The number of nitrogen functional groups attached to an aromatic ring is 1. The Hall–Kier alpha value is -3.12. The van der Waals surface area contributed by atoms with Crippen molar-refractivity contribution in [2.45, 2.75) is 24.5 Å². The molecule has 28 heavy (non-hydrogen) atoms. The molecule has 4 atom stereocenters. The quantitative estimate of drug-likeness (QED) is 0.287. The molecule has 11 heteroatoms. The van der Waals surface area contributed by atoms with Crippen LogP contribution < -0.4 is 11.2 Å². The number of hydrogen-bond acceptors (Lipinski definition) is 10. The van der Waals surface area contributed by atoms with E-state index >= 15 is 0 Å². The van der Waals surface area contributed by atoms with E-state index in [1.807, 2.05) is 30.3 Å². The average Bonchev–Trinajstić information content (AvgIpc) is 3.21. The van der Waals surface area contributed by atoms with Crippen LogP contribution in [0, 0.1) is 0 Å². The van der Waals surface area contributed by atoms with Gasteiger partial charge in [-0.2, -0.15) is 5.10 Å². The van der Waals surface area contributed by atoms with Crippen LogP contribution in [0.3, 0.4) is 0 Å². The van der Waals surface area contributed by atoms with Crippen LogP contribution in [0.1, 0.15) is 11.8 Å². The summed E-state index contributed by atoms with van der Waals surface area (Å²) in [6.45, 7) is -0.451. The number of ether oxygens (including phenoxy) is 1. The molecule has 0 radical (unpaired) electrons. The van der Waals surface area contributed by atoms with Gasteiger partial charge in [-0.15, -0.1) is 0 Å². The van der Waals surface area contributed by atoms with Crippen LogP contribution in [0.5, 0.6) is 0 Å². The number of hydrogen-bond donors (Lipinski definition) is 5. The summed E-state index contributed by atoms with van der Waals surface area (Å²) in [4.78, 5) is 12.4. The second-order valence-electron chi connectivity index (χ2n) is 6.25. The lowest BCUT2D eigenvalue weighted by atomic mass is 10.1. The number of fused-ring (bicyclic) bond motifs is 1. The molecular formula is C17H19N7O4. The Morgan fingerprint density at radius 2 is 2.00 bits per heavy atom. The van der Waals surface area contributed by atoms with Crippen molar-refractivity contribution in [3.05, 3.63) is 42.2 Å². The minimum atomic E-state index is -1.32. The zero-order valence-electron chi connectivity index (χ0n) is 14.6. The van der Waals surface area contributed by atoms with Gasteiger partial charge in [0.25, 0.3) is 0 Å². The Morgan fingerprint density at radius 3 is 2.71 bits per heavy atom. The average molecular weight is 385 g/mol. The van der Waals surface area contributed by atoms with Crippen molar-refractivity contribution >= 4 is 29.1 Å². The van der Waals surface area contributed by atoms with E-state index in [0.717, 1.165) is 5.56 Å². The SMILES string of the molecule is Nc1ncnc2c1nc(N/N=C/c1ccccc1)n2[C@@H]1O[C@H](CO)[C@@H](O)[C@@H]1O. The first-order valence-electron chi connectivity index (χ1n) is 8.55. The van der Waals surface area contributed by atoms with Crippen LogP contribution in [-0.4, -0.2) is 66.0 Å². The number of nitrogens with one attached hydrogen (secondary N) is 1. The fraction of sp³-hybridized carbons (Fsp3) is 0.294. The summed E-state index contributed by atoms with van der Waals surface area (Å²) in [5.74, 6) is 0.329. The van der Waals surface area contributed by atoms with Gasteiger partial charge in [0, 0.05) is 0 Å². The van der Waals surface area contributed by atoms with Gasteiger partial charge in [0.05, 0.1) is 12.8 Å². The van der Waals surface area contributed by atoms with Gasteiger partial charge in [0.15, 0.2) is 23.2 Å². The number of anilines is 2. The minimum Gasteiger partial charge on any atom is -0.394 e. The maximum absolute atomic E-state index is 10.4. The fourth-order valence-corrected chi connectivity index (χ4v) is 3.04. The largest absolute Gasteiger partial charge is 0.394 e. The Bertz CT molecular complexity index is 994. The lowest BCUT2D eigenvalue weighted by Crippen LogP contribution is -2.33. The third-order valence-corrected chi connectivity index (χ3v) is 4.45. The van der Waals surface area contributed by atoms with Gasteiger partial charge >= 0.3 is 0 Å². The molecule has 1 aliphatic heterocycles. The summed E-state index contributed by atoms with van der Waals surface area (Å²) in [6, 6.07) is 9.42. The minimum absolute atomic E-state index is 0.144. The molecular weight excluding hydrogens is 366 g/mol. The molecule has 0 bridgehead atoms. The van der Waals surface area contributed by atoms with Crippen molar-refractivity contribution in [1.29, 1.82) is 0 Å². The highest BCUT2D eigenvalue weighted by atomic mass is 16.6. The van der Waals surface area contributed by atoms with E-state index < -0.39 is 31.1 Å². The Morgan fingerprint density at radius 1 is 1.21 bits per heavy atom. The summed E-state index contributed by atoms with van der Waals surface area (Å²) in [5.41, 5.74) is 10.1. The maximum Gasteiger partial charge on any atom is 0.228 e. The lowest BCUT2D eigenvalue weighted by molar-refractivity contribution is -0.0501. The number of hydrazone groups is 1. The fourth-order valence-electron chi connectivity index (χ4n) is 3.04. The van der Waals surface area contributed by atoms with E-state index in [9.17, 15) is 15.3 Å². The van der Waals surface area contributed by atoms with Crippen molar-refractivity contribution in [2.24, 2.45) is 5.10 Å². The van der Waals surface area contributed by atoms with Crippen LogP contribution in [0.25, 0.3) is 11.2 Å². The Labute approximate surface area is 159 Å². The van der Waals surface area contributed by atoms with Gasteiger partial charge in [0.2, 0.25) is 5.95 Å². The topological polar surface area (TPSA) is 164 Å². The third-order valence-electron chi connectivity index (χ3n) is 4.45. The van der Waals surface area contributed by atoms with Gasteiger partial charge in [-0.05, 0) is 5.56 Å². The van der Waals surface area contributed by atoms with Gasteiger partial charge in [-0.25, -0.2) is 20.4 Å². The monoisotopic (exact) mass is 385 g/mol. The summed E-state index contributed by atoms with van der Waals surface area (Å²) in [5, 5.41) is 34.0. The van der Waals surface area contributed by atoms with Gasteiger partial charge < -0.3 is 25.8 Å². The van der Waals surface area contributed by atoms with E-state index in [-0.39, 0.29) is 17.3 Å². The smallest absolute Gasteiger partial charge is 0.228 e. The summed E-state index contributed by atoms with van der Waals surface area (Å²) < 4.78 is 7.04. The molecule has 0 saturated carbocycles. The highest BCUT2D eigenvalue weighted by Gasteiger charge is 2.45. The van der Waals surface area contributed by atoms with Gasteiger partial charge in [0.1, 0.15) is 24.6 Å². The second-order valence-corrected chi connectivity index (χ2v) is 6.25. The third kappa shape index (κ3) is 3.16. The molecule has 3 aromatic rings. The molecule has 0 aliphatic carbocycles. The Kier molecular flexibility index (Phi) is 4.88. The predicted octanol–water partition coefficient (Wildman–Crippen LogP) is -0.534. The van der Waals surface area contributed by atoms with E-state index in [1.54, 1.807) is 6.21 Å². The van der Waals surface area contributed by atoms with Crippen molar-refractivity contribution in [2.75, 3.05) is 17.8 Å². The number of aromatic nitrogens is 4. The first-order chi connectivity index (χ1) is 13.6. The van der Waals surface area contributed by atoms with E-state index in [4.69, 9.17) is 10.5 Å². The van der Waals surface area contributed by atoms with E-state index in [0.29, 0.717) is 5.65 Å². The Balaban J connectivity index is 1.73. The highest BCUT2D eigenvalue weighted by Crippen LogP contribution is 2.35. The number of nitrogens with zero attached hydrogens (tertiary/aromatic N) is 5. The van der Waals surface area contributed by atoms with E-state index in [2.05, 4.69) is 25.5 Å². The molecule has 11 nitrogen and oxygen atoms in total.